The number of urea groups is 1. The highest BCUT2D eigenvalue weighted by atomic mass is 16.3. The monoisotopic (exact) mass is 507 g/mol. The molecule has 0 bridgehead atoms. The fraction of sp³-hybridized carbons (Fsp3) is 0.310. The number of anilines is 1. The maximum atomic E-state index is 12.7. The van der Waals surface area contributed by atoms with Crippen molar-refractivity contribution in [2.24, 2.45) is 11.7 Å². The van der Waals surface area contributed by atoms with Gasteiger partial charge >= 0.3 is 6.03 Å². The zero-order valence-electron chi connectivity index (χ0n) is 21.4. The van der Waals surface area contributed by atoms with Crippen LogP contribution in [0, 0.1) is 5.92 Å². The fourth-order valence-corrected chi connectivity index (χ4v) is 4.30. The standard InChI is InChI=1S/C27H29N3O3.2CH4O/c28-24-17-23(31)7-4-8-25(24)30-27(33)29-22-15-13-19(14-16-22)18-9-11-21(12-10-18)26(32)20-5-2-1-3-6-20;2*1-2/h4,7-17,20,25,31H,1-3,5-6,28H2,(H2,29,30,33);2*2H,1H3. The molecule has 37 heavy (non-hydrogen) atoms. The van der Waals surface area contributed by atoms with Crippen molar-refractivity contribution in [3.63, 3.8) is 0 Å². The average Bonchev–Trinajstić information content (AvgIpc) is 3.10. The van der Waals surface area contributed by atoms with Crippen LogP contribution in [0.3, 0.4) is 0 Å². The van der Waals surface area contributed by atoms with Gasteiger partial charge in [-0.1, -0.05) is 67.8 Å². The number of nitrogens with one attached hydrogen (secondary N) is 2. The lowest BCUT2D eigenvalue weighted by molar-refractivity contribution is 0.0889. The number of nitrogens with two attached hydrogens (primary N) is 1. The third-order valence-corrected chi connectivity index (χ3v) is 6.15. The van der Waals surface area contributed by atoms with Gasteiger partial charge in [-0.2, -0.15) is 0 Å². The van der Waals surface area contributed by atoms with Gasteiger partial charge in [0.25, 0.3) is 0 Å². The molecule has 2 amide bonds. The molecule has 0 heterocycles. The molecule has 8 heteroatoms. The molecule has 7 N–H and O–H groups in total. The average molecular weight is 508 g/mol. The quantitative estimate of drug-likeness (QED) is 0.324. The molecule has 1 atom stereocenters. The number of ketones is 1. The number of aliphatic hydroxyl groups excluding tert-OH is 3. The summed E-state index contributed by atoms with van der Waals surface area (Å²) in [5, 5.41) is 29.1. The molecular formula is C29H37N3O5. The highest BCUT2D eigenvalue weighted by Crippen LogP contribution is 2.28. The first-order chi connectivity index (χ1) is 18.0. The minimum absolute atomic E-state index is 0.0374. The van der Waals surface area contributed by atoms with Gasteiger partial charge in [0.15, 0.2) is 5.78 Å². The summed E-state index contributed by atoms with van der Waals surface area (Å²) in [7, 11) is 2.00. The van der Waals surface area contributed by atoms with Crippen molar-refractivity contribution < 1.29 is 24.9 Å². The summed E-state index contributed by atoms with van der Waals surface area (Å²) in [5.41, 5.74) is 9.69. The van der Waals surface area contributed by atoms with Crippen molar-refractivity contribution in [2.75, 3.05) is 19.5 Å². The number of Topliss-reactive ketones (excluding diaryl/α,β-unsaturated/α-hetero) is 1. The Labute approximate surface area is 218 Å². The Morgan fingerprint density at radius 2 is 1.43 bits per heavy atom. The van der Waals surface area contributed by atoms with Gasteiger partial charge in [0.1, 0.15) is 5.76 Å². The molecule has 8 nitrogen and oxygen atoms in total. The summed E-state index contributed by atoms with van der Waals surface area (Å²) in [4.78, 5) is 25.1. The fourth-order valence-electron chi connectivity index (χ4n) is 4.30. The minimum Gasteiger partial charge on any atom is -0.508 e. The number of amides is 2. The molecule has 0 aliphatic heterocycles. The van der Waals surface area contributed by atoms with Crippen LogP contribution < -0.4 is 16.4 Å². The predicted molar refractivity (Wildman–Crippen MR) is 147 cm³/mol. The van der Waals surface area contributed by atoms with E-state index < -0.39 is 12.1 Å². The van der Waals surface area contributed by atoms with Crippen LogP contribution in [0.15, 0.2) is 84.3 Å². The van der Waals surface area contributed by atoms with Gasteiger partial charge in [0.2, 0.25) is 0 Å². The summed E-state index contributed by atoms with van der Waals surface area (Å²) in [5.74, 6) is 0.467. The number of aliphatic hydroxyl groups is 3. The summed E-state index contributed by atoms with van der Waals surface area (Å²) in [6.45, 7) is 0. The van der Waals surface area contributed by atoms with E-state index in [1.807, 2.05) is 48.5 Å². The normalized spacial score (nSPS) is 16.9. The van der Waals surface area contributed by atoms with Crippen LogP contribution in [-0.4, -0.2) is 47.4 Å². The Morgan fingerprint density at radius 3 is 2.03 bits per heavy atom. The summed E-state index contributed by atoms with van der Waals surface area (Å²) >= 11 is 0. The first kappa shape index (κ1) is 29.4. The molecule has 2 aliphatic carbocycles. The highest BCUT2D eigenvalue weighted by Gasteiger charge is 2.22. The van der Waals surface area contributed by atoms with Gasteiger partial charge < -0.3 is 31.7 Å². The Bertz CT molecular complexity index is 1100. The van der Waals surface area contributed by atoms with Crippen LogP contribution in [0.1, 0.15) is 42.5 Å². The maximum Gasteiger partial charge on any atom is 0.320 e. The van der Waals surface area contributed by atoms with E-state index in [-0.39, 0.29) is 17.5 Å². The van der Waals surface area contributed by atoms with Crippen LogP contribution in [0.25, 0.3) is 11.1 Å². The van der Waals surface area contributed by atoms with Crippen molar-refractivity contribution in [3.8, 4) is 11.1 Å². The lowest BCUT2D eigenvalue weighted by Gasteiger charge is -2.20. The molecule has 2 aliphatic rings. The van der Waals surface area contributed by atoms with Crippen LogP contribution in [0.5, 0.6) is 0 Å². The molecule has 1 unspecified atom stereocenters. The van der Waals surface area contributed by atoms with Crippen molar-refractivity contribution in [1.29, 1.82) is 0 Å². The van der Waals surface area contributed by atoms with E-state index in [1.165, 1.54) is 18.6 Å². The first-order valence-corrected chi connectivity index (χ1v) is 12.3. The molecule has 1 saturated carbocycles. The molecule has 1 fully saturated rings. The second-order valence-corrected chi connectivity index (χ2v) is 8.55. The van der Waals surface area contributed by atoms with Crippen molar-refractivity contribution in [2.45, 2.75) is 38.1 Å². The number of carbonyl (C=O) groups excluding carboxylic acids is 2. The lowest BCUT2D eigenvalue weighted by Crippen LogP contribution is -2.39. The van der Waals surface area contributed by atoms with Crippen LogP contribution in [0.2, 0.25) is 0 Å². The molecule has 2 aromatic carbocycles. The van der Waals surface area contributed by atoms with E-state index in [2.05, 4.69) is 10.6 Å². The first-order valence-electron chi connectivity index (χ1n) is 12.3. The largest absolute Gasteiger partial charge is 0.508 e. The van der Waals surface area contributed by atoms with Crippen molar-refractivity contribution in [3.05, 3.63) is 89.9 Å². The summed E-state index contributed by atoms with van der Waals surface area (Å²) in [6, 6.07) is 14.4. The van der Waals surface area contributed by atoms with Gasteiger partial charge in [-0.15, -0.1) is 0 Å². The number of carbonyl (C=O) groups is 2. The molecule has 0 aromatic heterocycles. The van der Waals surface area contributed by atoms with E-state index >= 15 is 0 Å². The van der Waals surface area contributed by atoms with Crippen LogP contribution in [-0.2, 0) is 0 Å². The summed E-state index contributed by atoms with van der Waals surface area (Å²) in [6.07, 6.45) is 11.8. The highest BCUT2D eigenvalue weighted by molar-refractivity contribution is 5.98. The Kier molecular flexibility index (Phi) is 12.1. The topological polar surface area (TPSA) is 145 Å². The third-order valence-electron chi connectivity index (χ3n) is 6.15. The minimum atomic E-state index is -0.514. The number of hydrogen-bond donors (Lipinski definition) is 6. The molecule has 0 radical (unpaired) electrons. The van der Waals surface area contributed by atoms with E-state index in [4.69, 9.17) is 15.9 Å². The van der Waals surface area contributed by atoms with Gasteiger partial charge in [0.05, 0.1) is 6.04 Å². The van der Waals surface area contributed by atoms with E-state index in [0.29, 0.717) is 11.4 Å². The van der Waals surface area contributed by atoms with Gasteiger partial charge in [0, 0.05) is 43.2 Å². The molecule has 0 saturated heterocycles. The Morgan fingerprint density at radius 1 is 0.865 bits per heavy atom. The number of hydrogen-bond acceptors (Lipinski definition) is 6. The maximum absolute atomic E-state index is 12.7. The molecular weight excluding hydrogens is 470 g/mol. The number of benzene rings is 2. The SMILES string of the molecule is CO.CO.NC1=CC(O)=CC=CC1NC(=O)Nc1ccc(-c2ccc(C(=O)C3CCCCC3)cc2)cc1. The molecule has 198 valence electrons. The molecule has 2 aromatic rings. The number of allylic oxidation sites excluding steroid dienone is 3. The van der Waals surface area contributed by atoms with E-state index in [9.17, 15) is 14.7 Å². The van der Waals surface area contributed by atoms with Gasteiger partial charge in [-0.3, -0.25) is 4.79 Å². The third kappa shape index (κ3) is 8.63. The van der Waals surface area contributed by atoms with Gasteiger partial charge in [-0.25, -0.2) is 4.79 Å². The zero-order valence-corrected chi connectivity index (χ0v) is 21.4. The molecule has 4 rings (SSSR count). The second-order valence-electron chi connectivity index (χ2n) is 8.55. The summed E-state index contributed by atoms with van der Waals surface area (Å²) < 4.78 is 0. The van der Waals surface area contributed by atoms with E-state index in [1.54, 1.807) is 12.2 Å². The van der Waals surface area contributed by atoms with Crippen molar-refractivity contribution >= 4 is 17.5 Å². The Hall–Kier alpha value is -3.88. The smallest absolute Gasteiger partial charge is 0.320 e. The van der Waals surface area contributed by atoms with Crippen molar-refractivity contribution in [1.82, 2.24) is 5.32 Å². The second kappa shape index (κ2) is 15.3. The molecule has 0 spiro atoms. The zero-order chi connectivity index (χ0) is 27.2. The predicted octanol–water partition coefficient (Wildman–Crippen LogP) is 4.68. The number of rotatable bonds is 5. The van der Waals surface area contributed by atoms with Crippen LogP contribution >= 0.6 is 0 Å². The van der Waals surface area contributed by atoms with Crippen LogP contribution in [0.4, 0.5) is 10.5 Å². The van der Waals surface area contributed by atoms with E-state index in [0.717, 1.165) is 56.6 Å². The van der Waals surface area contributed by atoms with Gasteiger partial charge in [-0.05, 0) is 42.2 Å². The lowest BCUT2D eigenvalue weighted by atomic mass is 9.83. The Balaban J connectivity index is 0.00000115.